The predicted molar refractivity (Wildman–Crippen MR) is 165 cm³/mol. The highest BCUT2D eigenvalue weighted by atomic mass is 79.9. The molecule has 0 N–H and O–H groups in total. The maximum atomic E-state index is 3.77. The molecule has 0 atom stereocenters. The third-order valence-electron chi connectivity index (χ3n) is 7.29. The first kappa shape index (κ1) is 22.8. The molecular formula is C36H24BrN. The summed E-state index contributed by atoms with van der Waals surface area (Å²) in [5, 5.41) is 2.50. The van der Waals surface area contributed by atoms with Crippen LogP contribution in [0, 0.1) is 0 Å². The van der Waals surface area contributed by atoms with E-state index in [9.17, 15) is 0 Å². The summed E-state index contributed by atoms with van der Waals surface area (Å²) in [6, 6.07) is 52.1. The minimum atomic E-state index is 1.09. The van der Waals surface area contributed by atoms with Gasteiger partial charge in [0.2, 0.25) is 0 Å². The lowest BCUT2D eigenvalue weighted by Crippen LogP contribution is -2.00. The molecule has 0 fully saturated rings. The van der Waals surface area contributed by atoms with Gasteiger partial charge in [-0.1, -0.05) is 143 Å². The topological polar surface area (TPSA) is 4.93 Å². The normalized spacial score (nSPS) is 11.3. The minimum Gasteiger partial charge on any atom is -0.308 e. The molecule has 0 amide bonds. The van der Waals surface area contributed by atoms with Crippen LogP contribution in [0.4, 0.5) is 0 Å². The van der Waals surface area contributed by atoms with E-state index in [1.807, 2.05) is 0 Å². The molecule has 38 heavy (non-hydrogen) atoms. The van der Waals surface area contributed by atoms with Crippen molar-refractivity contribution in [1.82, 2.24) is 4.57 Å². The Morgan fingerprint density at radius 3 is 1.63 bits per heavy atom. The Hall–Kier alpha value is -4.40. The first-order chi connectivity index (χ1) is 18.8. The zero-order valence-electron chi connectivity index (χ0n) is 20.7. The van der Waals surface area contributed by atoms with Crippen LogP contribution in [0.15, 0.2) is 150 Å². The van der Waals surface area contributed by atoms with Gasteiger partial charge < -0.3 is 4.57 Å². The summed E-state index contributed by atoms with van der Waals surface area (Å²) in [4.78, 5) is 0. The number of benzene rings is 6. The van der Waals surface area contributed by atoms with Gasteiger partial charge >= 0.3 is 0 Å². The van der Waals surface area contributed by atoms with Gasteiger partial charge in [0.25, 0.3) is 0 Å². The fraction of sp³-hybridized carbons (Fsp3) is 0. The van der Waals surface area contributed by atoms with E-state index < -0.39 is 0 Å². The van der Waals surface area contributed by atoms with E-state index in [4.69, 9.17) is 0 Å². The van der Waals surface area contributed by atoms with Crippen LogP contribution in [0.5, 0.6) is 0 Å². The summed E-state index contributed by atoms with van der Waals surface area (Å²) >= 11 is 3.77. The molecule has 0 radical (unpaired) electrons. The van der Waals surface area contributed by atoms with Gasteiger partial charge in [-0.15, -0.1) is 0 Å². The molecule has 0 aliphatic heterocycles. The van der Waals surface area contributed by atoms with E-state index in [1.165, 1.54) is 60.9 Å². The van der Waals surface area contributed by atoms with Crippen LogP contribution in [-0.4, -0.2) is 4.57 Å². The predicted octanol–water partition coefficient (Wildman–Crippen LogP) is 10.5. The van der Waals surface area contributed by atoms with E-state index in [0.29, 0.717) is 0 Å². The molecule has 0 aliphatic carbocycles. The van der Waals surface area contributed by atoms with Crippen molar-refractivity contribution in [2.24, 2.45) is 0 Å². The first-order valence-corrected chi connectivity index (χ1v) is 13.6. The molecule has 0 saturated carbocycles. The smallest absolute Gasteiger partial charge is 0.0618 e. The number of rotatable bonds is 4. The zero-order chi connectivity index (χ0) is 25.5. The van der Waals surface area contributed by atoms with Crippen molar-refractivity contribution in [2.45, 2.75) is 0 Å². The van der Waals surface area contributed by atoms with Crippen LogP contribution in [-0.2, 0) is 0 Å². The summed E-state index contributed by atoms with van der Waals surface area (Å²) in [7, 11) is 0. The van der Waals surface area contributed by atoms with Gasteiger partial charge in [-0.2, -0.15) is 0 Å². The lowest BCUT2D eigenvalue weighted by molar-refractivity contribution is 1.18. The van der Waals surface area contributed by atoms with Gasteiger partial charge in [-0.3, -0.25) is 0 Å². The molecule has 7 aromatic rings. The van der Waals surface area contributed by atoms with Crippen LogP contribution in [0.25, 0.3) is 60.9 Å². The zero-order valence-corrected chi connectivity index (χ0v) is 22.3. The number of aromatic nitrogens is 1. The third-order valence-corrected chi connectivity index (χ3v) is 7.98. The average molecular weight is 550 g/mol. The number of hydrogen-bond acceptors (Lipinski definition) is 0. The van der Waals surface area contributed by atoms with Crippen molar-refractivity contribution in [3.63, 3.8) is 0 Å². The number of halogens is 1. The molecule has 7 rings (SSSR count). The molecule has 0 bridgehead atoms. The molecule has 0 unspecified atom stereocenters. The maximum Gasteiger partial charge on any atom is 0.0618 e. The number of fused-ring (bicyclic) bond motifs is 3. The molecule has 180 valence electrons. The quantitative estimate of drug-likeness (QED) is 0.205. The maximum absolute atomic E-state index is 3.77. The van der Waals surface area contributed by atoms with Gasteiger partial charge in [0.1, 0.15) is 0 Å². The molecular weight excluding hydrogens is 526 g/mol. The van der Waals surface area contributed by atoms with Crippen LogP contribution in [0.2, 0.25) is 0 Å². The second-order valence-corrected chi connectivity index (χ2v) is 10.4. The van der Waals surface area contributed by atoms with Crippen molar-refractivity contribution < 1.29 is 0 Å². The second kappa shape index (κ2) is 9.48. The van der Waals surface area contributed by atoms with Crippen LogP contribution in [0.3, 0.4) is 0 Å². The van der Waals surface area contributed by atoms with Crippen LogP contribution in [0.1, 0.15) is 0 Å². The first-order valence-electron chi connectivity index (χ1n) is 12.8. The van der Waals surface area contributed by atoms with Gasteiger partial charge in [0.15, 0.2) is 0 Å². The van der Waals surface area contributed by atoms with E-state index in [1.54, 1.807) is 0 Å². The Balaban J connectivity index is 1.63. The Morgan fingerprint density at radius 1 is 0.395 bits per heavy atom. The Bertz CT molecular complexity index is 1860. The molecule has 0 spiro atoms. The average Bonchev–Trinajstić information content (AvgIpc) is 3.31. The van der Waals surface area contributed by atoms with Crippen molar-refractivity contribution in [1.29, 1.82) is 0 Å². The van der Waals surface area contributed by atoms with Crippen molar-refractivity contribution in [3.05, 3.63) is 150 Å². The largest absolute Gasteiger partial charge is 0.308 e. The van der Waals surface area contributed by atoms with E-state index in [0.717, 1.165) is 4.47 Å². The SMILES string of the molecule is Brc1ccccc1-c1ccc2c3ccccc3n(-c3c(-c4ccccc4)cccc3-c3ccccc3)c2c1. The monoisotopic (exact) mass is 549 g/mol. The highest BCUT2D eigenvalue weighted by Crippen LogP contribution is 2.42. The molecule has 6 aromatic carbocycles. The van der Waals surface area contributed by atoms with Crippen molar-refractivity contribution >= 4 is 37.7 Å². The molecule has 2 heteroatoms. The lowest BCUT2D eigenvalue weighted by atomic mass is 9.95. The second-order valence-electron chi connectivity index (χ2n) is 9.50. The van der Waals surface area contributed by atoms with Gasteiger partial charge in [0.05, 0.1) is 16.7 Å². The fourth-order valence-corrected chi connectivity index (χ4v) is 6.07. The van der Waals surface area contributed by atoms with Crippen LogP contribution >= 0.6 is 15.9 Å². The Morgan fingerprint density at radius 2 is 0.947 bits per heavy atom. The summed E-state index contributed by atoms with van der Waals surface area (Å²) in [6.07, 6.45) is 0. The van der Waals surface area contributed by atoms with E-state index in [-0.39, 0.29) is 0 Å². The molecule has 0 aliphatic rings. The molecule has 1 aromatic heterocycles. The van der Waals surface area contributed by atoms with E-state index >= 15 is 0 Å². The third kappa shape index (κ3) is 3.77. The van der Waals surface area contributed by atoms with E-state index in [2.05, 4.69) is 166 Å². The molecule has 0 saturated heterocycles. The van der Waals surface area contributed by atoms with Crippen molar-refractivity contribution in [3.8, 4) is 39.1 Å². The summed E-state index contributed by atoms with van der Waals surface area (Å²) in [6.45, 7) is 0. The standard InChI is InChI=1S/C36H24BrN/c37-33-20-9-7-16-28(33)27-22-23-32-31-17-8-10-21-34(31)38(35(32)24-27)36-29(25-12-3-1-4-13-25)18-11-19-30(36)26-14-5-2-6-15-26/h1-24H. The number of hydrogen-bond donors (Lipinski definition) is 0. The summed E-state index contributed by atoms with van der Waals surface area (Å²) in [5.74, 6) is 0. The number of para-hydroxylation sites is 2. The van der Waals surface area contributed by atoms with Gasteiger partial charge in [0, 0.05) is 26.4 Å². The van der Waals surface area contributed by atoms with Gasteiger partial charge in [-0.25, -0.2) is 0 Å². The van der Waals surface area contributed by atoms with Crippen LogP contribution < -0.4 is 0 Å². The molecule has 1 nitrogen and oxygen atoms in total. The lowest BCUT2D eigenvalue weighted by Gasteiger charge is -2.19. The number of nitrogens with zero attached hydrogens (tertiary/aromatic N) is 1. The fourth-order valence-electron chi connectivity index (χ4n) is 5.56. The Kier molecular flexibility index (Phi) is 5.68. The summed E-state index contributed by atoms with van der Waals surface area (Å²) in [5.41, 5.74) is 10.8. The van der Waals surface area contributed by atoms with Crippen molar-refractivity contribution in [2.75, 3.05) is 0 Å². The highest BCUT2D eigenvalue weighted by Gasteiger charge is 2.20. The highest BCUT2D eigenvalue weighted by molar-refractivity contribution is 9.10. The van der Waals surface area contributed by atoms with Gasteiger partial charge in [-0.05, 0) is 40.5 Å². The minimum absolute atomic E-state index is 1.09. The summed E-state index contributed by atoms with van der Waals surface area (Å²) < 4.78 is 3.56. The Labute approximate surface area is 230 Å². The molecule has 1 heterocycles.